The summed E-state index contributed by atoms with van der Waals surface area (Å²) in [6.07, 6.45) is 1.60. The Bertz CT molecular complexity index is 868. The predicted molar refractivity (Wildman–Crippen MR) is 77.1 cm³/mol. The Morgan fingerprint density at radius 1 is 1.14 bits per heavy atom. The van der Waals surface area contributed by atoms with Crippen LogP contribution in [-0.2, 0) is 7.05 Å². The van der Waals surface area contributed by atoms with Crippen molar-refractivity contribution in [2.75, 3.05) is 5.73 Å². The summed E-state index contributed by atoms with van der Waals surface area (Å²) >= 11 is 0. The van der Waals surface area contributed by atoms with Crippen LogP contribution in [0.4, 0.5) is 14.5 Å². The van der Waals surface area contributed by atoms with Crippen molar-refractivity contribution in [3.63, 3.8) is 0 Å². The summed E-state index contributed by atoms with van der Waals surface area (Å²) in [6.45, 7) is 0. The highest BCUT2D eigenvalue weighted by Gasteiger charge is 2.21. The van der Waals surface area contributed by atoms with Gasteiger partial charge in [0.15, 0.2) is 11.6 Å². The number of ketones is 1. The molecule has 3 nitrogen and oxygen atoms in total. The SMILES string of the molecule is Cn1cc(C(=O)c2cc(F)cc(N)c2F)c2ccccc21. The second-order valence-electron chi connectivity index (χ2n) is 4.86. The minimum absolute atomic E-state index is 0.317. The summed E-state index contributed by atoms with van der Waals surface area (Å²) in [5, 5.41) is 0.687. The van der Waals surface area contributed by atoms with Crippen LogP contribution in [0.3, 0.4) is 0 Å². The molecular weight excluding hydrogens is 274 g/mol. The molecule has 1 aromatic heterocycles. The van der Waals surface area contributed by atoms with Gasteiger partial charge in [-0.25, -0.2) is 8.78 Å². The first-order valence-corrected chi connectivity index (χ1v) is 6.32. The van der Waals surface area contributed by atoms with Crippen LogP contribution in [0.25, 0.3) is 10.9 Å². The number of nitrogens with zero attached hydrogens (tertiary/aromatic N) is 1. The van der Waals surface area contributed by atoms with Crippen LogP contribution in [0.2, 0.25) is 0 Å². The molecule has 2 aromatic carbocycles. The van der Waals surface area contributed by atoms with Gasteiger partial charge in [0, 0.05) is 29.7 Å². The lowest BCUT2D eigenvalue weighted by Gasteiger charge is -2.04. The minimum Gasteiger partial charge on any atom is -0.396 e. The van der Waals surface area contributed by atoms with Crippen LogP contribution in [0, 0.1) is 11.6 Å². The number of hydrogen-bond donors (Lipinski definition) is 1. The molecule has 0 spiro atoms. The molecule has 2 N–H and O–H groups in total. The van der Waals surface area contributed by atoms with E-state index in [9.17, 15) is 13.6 Å². The van der Waals surface area contributed by atoms with Crippen LogP contribution in [-0.4, -0.2) is 10.4 Å². The maximum absolute atomic E-state index is 14.0. The van der Waals surface area contributed by atoms with E-state index in [2.05, 4.69) is 0 Å². The van der Waals surface area contributed by atoms with Crippen molar-refractivity contribution in [3.8, 4) is 0 Å². The molecule has 0 atom stereocenters. The zero-order valence-corrected chi connectivity index (χ0v) is 11.2. The number of carbonyl (C=O) groups excluding carboxylic acids is 1. The highest BCUT2D eigenvalue weighted by molar-refractivity contribution is 6.16. The molecule has 0 bridgehead atoms. The number of para-hydroxylation sites is 1. The second-order valence-corrected chi connectivity index (χ2v) is 4.86. The topological polar surface area (TPSA) is 48.0 Å². The van der Waals surface area contributed by atoms with Gasteiger partial charge in [-0.05, 0) is 18.2 Å². The molecule has 0 saturated heterocycles. The fraction of sp³-hybridized carbons (Fsp3) is 0.0625. The van der Waals surface area contributed by atoms with E-state index in [0.29, 0.717) is 10.9 Å². The number of aryl methyl sites for hydroxylation is 1. The Morgan fingerprint density at radius 3 is 2.62 bits per heavy atom. The van der Waals surface area contributed by atoms with Gasteiger partial charge in [-0.15, -0.1) is 0 Å². The van der Waals surface area contributed by atoms with Gasteiger partial charge >= 0.3 is 0 Å². The average Bonchev–Trinajstić information content (AvgIpc) is 2.80. The largest absolute Gasteiger partial charge is 0.396 e. The molecule has 0 aliphatic heterocycles. The van der Waals surface area contributed by atoms with E-state index in [0.717, 1.165) is 17.6 Å². The lowest BCUT2D eigenvalue weighted by atomic mass is 10.0. The van der Waals surface area contributed by atoms with Gasteiger partial charge in [-0.2, -0.15) is 0 Å². The Morgan fingerprint density at radius 2 is 1.86 bits per heavy atom. The summed E-state index contributed by atoms with van der Waals surface area (Å²) in [6, 6.07) is 8.98. The number of halogens is 2. The van der Waals surface area contributed by atoms with Crippen LogP contribution in [0.5, 0.6) is 0 Å². The number of aromatic nitrogens is 1. The molecule has 5 heteroatoms. The number of carbonyl (C=O) groups is 1. The first-order valence-electron chi connectivity index (χ1n) is 6.32. The first kappa shape index (κ1) is 13.3. The van der Waals surface area contributed by atoms with Crippen LogP contribution < -0.4 is 5.73 Å². The number of nitrogens with two attached hydrogens (primary N) is 1. The van der Waals surface area contributed by atoms with Crippen molar-refractivity contribution >= 4 is 22.4 Å². The van der Waals surface area contributed by atoms with Gasteiger partial charge in [-0.1, -0.05) is 18.2 Å². The Kier molecular flexibility index (Phi) is 2.97. The first-order chi connectivity index (χ1) is 9.99. The summed E-state index contributed by atoms with van der Waals surface area (Å²) < 4.78 is 29.2. The number of nitrogen functional groups attached to an aromatic ring is 1. The molecule has 0 aliphatic carbocycles. The molecule has 0 aliphatic rings. The van der Waals surface area contributed by atoms with E-state index in [4.69, 9.17) is 5.73 Å². The normalized spacial score (nSPS) is 11.0. The summed E-state index contributed by atoms with van der Waals surface area (Å²) in [4.78, 5) is 12.5. The standard InChI is InChI=1S/C16H12F2N2O/c1-20-8-12(10-4-2-3-5-14(10)20)16(21)11-6-9(17)7-13(19)15(11)18/h2-8H,19H2,1H3. The number of rotatable bonds is 2. The van der Waals surface area contributed by atoms with E-state index in [1.165, 1.54) is 0 Å². The molecule has 1 heterocycles. The Labute approximate surface area is 119 Å². The third-order valence-corrected chi connectivity index (χ3v) is 3.45. The van der Waals surface area contributed by atoms with Crippen LogP contribution in [0.1, 0.15) is 15.9 Å². The third-order valence-electron chi connectivity index (χ3n) is 3.45. The average molecular weight is 286 g/mol. The molecular formula is C16H12F2N2O. The smallest absolute Gasteiger partial charge is 0.198 e. The monoisotopic (exact) mass is 286 g/mol. The van der Waals surface area contributed by atoms with Gasteiger partial charge in [0.05, 0.1) is 11.3 Å². The van der Waals surface area contributed by atoms with Crippen LogP contribution in [0.15, 0.2) is 42.6 Å². The number of hydrogen-bond acceptors (Lipinski definition) is 2. The minimum atomic E-state index is -0.894. The molecule has 0 fully saturated rings. The summed E-state index contributed by atoms with van der Waals surface area (Å²) in [7, 11) is 1.79. The molecule has 3 aromatic rings. The summed E-state index contributed by atoms with van der Waals surface area (Å²) in [5.74, 6) is -2.22. The second kappa shape index (κ2) is 4.70. The van der Waals surface area contributed by atoms with Crippen molar-refractivity contribution in [2.24, 2.45) is 7.05 Å². The van der Waals surface area contributed by atoms with Gasteiger partial charge in [0.2, 0.25) is 0 Å². The van der Waals surface area contributed by atoms with Crippen molar-refractivity contribution in [1.82, 2.24) is 4.57 Å². The number of fused-ring (bicyclic) bond motifs is 1. The summed E-state index contributed by atoms with van der Waals surface area (Å²) in [5.41, 5.74) is 5.80. The van der Waals surface area contributed by atoms with E-state index < -0.39 is 17.4 Å². The predicted octanol–water partition coefficient (Wildman–Crippen LogP) is 3.27. The van der Waals surface area contributed by atoms with Crippen molar-refractivity contribution < 1.29 is 13.6 Å². The van der Waals surface area contributed by atoms with E-state index in [-0.39, 0.29) is 11.3 Å². The fourth-order valence-corrected chi connectivity index (χ4v) is 2.44. The Hall–Kier alpha value is -2.69. The zero-order valence-electron chi connectivity index (χ0n) is 11.2. The quantitative estimate of drug-likeness (QED) is 0.580. The number of anilines is 1. The molecule has 3 rings (SSSR count). The lowest BCUT2D eigenvalue weighted by Crippen LogP contribution is -2.07. The molecule has 21 heavy (non-hydrogen) atoms. The zero-order chi connectivity index (χ0) is 15.1. The van der Waals surface area contributed by atoms with Gasteiger partial charge in [-0.3, -0.25) is 4.79 Å². The fourth-order valence-electron chi connectivity index (χ4n) is 2.44. The maximum atomic E-state index is 14.0. The maximum Gasteiger partial charge on any atom is 0.198 e. The van der Waals surface area contributed by atoms with Crippen molar-refractivity contribution in [3.05, 3.63) is 65.4 Å². The van der Waals surface area contributed by atoms with Gasteiger partial charge in [0.1, 0.15) is 5.82 Å². The Balaban J connectivity index is 2.22. The van der Waals surface area contributed by atoms with Gasteiger partial charge in [0.25, 0.3) is 0 Å². The van der Waals surface area contributed by atoms with E-state index in [1.807, 2.05) is 12.1 Å². The molecule has 0 saturated carbocycles. The van der Waals surface area contributed by atoms with Crippen LogP contribution >= 0.6 is 0 Å². The van der Waals surface area contributed by atoms with E-state index >= 15 is 0 Å². The van der Waals surface area contributed by atoms with Crippen molar-refractivity contribution in [2.45, 2.75) is 0 Å². The highest BCUT2D eigenvalue weighted by Crippen LogP contribution is 2.26. The lowest BCUT2D eigenvalue weighted by molar-refractivity contribution is 0.103. The number of benzene rings is 2. The molecule has 0 radical (unpaired) electrons. The molecule has 0 unspecified atom stereocenters. The van der Waals surface area contributed by atoms with E-state index in [1.54, 1.807) is 29.9 Å². The third kappa shape index (κ3) is 2.07. The molecule has 0 amide bonds. The van der Waals surface area contributed by atoms with Crippen molar-refractivity contribution in [1.29, 1.82) is 0 Å². The highest BCUT2D eigenvalue weighted by atomic mass is 19.1. The van der Waals surface area contributed by atoms with Gasteiger partial charge < -0.3 is 10.3 Å². The molecule has 106 valence electrons.